The third-order valence-electron chi connectivity index (χ3n) is 5.80. The molecule has 1 fully saturated rings. The summed E-state index contributed by atoms with van der Waals surface area (Å²) in [6, 6.07) is -0.352. The zero-order valence-electron chi connectivity index (χ0n) is 19.4. The van der Waals surface area contributed by atoms with Gasteiger partial charge in [0.15, 0.2) is 5.82 Å². The zero-order chi connectivity index (χ0) is 24.2. The van der Waals surface area contributed by atoms with Crippen molar-refractivity contribution in [1.29, 1.82) is 0 Å². The highest BCUT2D eigenvalue weighted by Gasteiger charge is 2.35. The second kappa shape index (κ2) is 11.0. The molecule has 0 radical (unpaired) electrons. The summed E-state index contributed by atoms with van der Waals surface area (Å²) < 4.78 is 47.6. The number of hydrogen-bond donors (Lipinski definition) is 1. The number of sulfonamides is 1. The summed E-state index contributed by atoms with van der Waals surface area (Å²) in [5, 5.41) is 7.97. The van der Waals surface area contributed by atoms with Crippen molar-refractivity contribution in [1.82, 2.24) is 24.7 Å². The minimum absolute atomic E-state index is 0.0864. The Kier molecular flexibility index (Phi) is 8.62. The molecule has 0 aromatic carbocycles. The van der Waals surface area contributed by atoms with Crippen LogP contribution in [0, 0.1) is 0 Å². The van der Waals surface area contributed by atoms with Crippen molar-refractivity contribution in [3.8, 4) is 0 Å². The molecule has 1 N–H and O–H groups in total. The van der Waals surface area contributed by atoms with E-state index in [-0.39, 0.29) is 37.4 Å². The van der Waals surface area contributed by atoms with Gasteiger partial charge in [-0.15, -0.1) is 10.2 Å². The molecule has 4 atom stereocenters. The van der Waals surface area contributed by atoms with E-state index in [4.69, 9.17) is 25.8 Å². The van der Waals surface area contributed by atoms with Crippen molar-refractivity contribution in [2.24, 2.45) is 0 Å². The third kappa shape index (κ3) is 5.99. The normalized spacial score (nSPS) is 20.8. The molecule has 2 unspecified atom stereocenters. The standard InChI is InChI=1S/C20H31ClN6O5S/c1-12-6-7-17(32-12)19-24-25-20(27(19)16(10-30-4)11-31-5)26-33(28,29)14(3)13(2)18-22-8-15(21)9-23-18/h8-9,12-14,16-17H,6-7,10-11H2,1-5H3,(H,25,26)/t12-,13?,14?,17-/m0/s1. The van der Waals surface area contributed by atoms with E-state index in [0.29, 0.717) is 16.7 Å². The maximum absolute atomic E-state index is 13.3. The summed E-state index contributed by atoms with van der Waals surface area (Å²) in [6.45, 7) is 5.89. The molecular weight excluding hydrogens is 472 g/mol. The summed E-state index contributed by atoms with van der Waals surface area (Å²) in [4.78, 5) is 8.32. The van der Waals surface area contributed by atoms with Crippen molar-refractivity contribution in [3.63, 3.8) is 0 Å². The molecule has 13 heteroatoms. The highest BCUT2D eigenvalue weighted by atomic mass is 35.5. The molecule has 0 bridgehead atoms. The van der Waals surface area contributed by atoms with Gasteiger partial charge in [0.2, 0.25) is 16.0 Å². The molecule has 1 saturated heterocycles. The quantitative estimate of drug-likeness (QED) is 0.492. The Morgan fingerprint density at radius 1 is 1.18 bits per heavy atom. The first kappa shape index (κ1) is 25.8. The molecular formula is C20H31ClN6O5S. The number of nitrogens with one attached hydrogen (secondary N) is 1. The second-order valence-corrected chi connectivity index (χ2v) is 10.7. The molecule has 184 valence electrons. The van der Waals surface area contributed by atoms with Gasteiger partial charge in [-0.25, -0.2) is 18.4 Å². The van der Waals surface area contributed by atoms with Gasteiger partial charge in [0.1, 0.15) is 11.9 Å². The molecule has 1 aliphatic heterocycles. The Morgan fingerprint density at radius 3 is 2.36 bits per heavy atom. The summed E-state index contributed by atoms with van der Waals surface area (Å²) in [6.07, 6.45) is 4.33. The fraction of sp³-hybridized carbons (Fsp3) is 0.700. The lowest BCUT2D eigenvalue weighted by atomic mass is 10.1. The van der Waals surface area contributed by atoms with Gasteiger partial charge in [-0.3, -0.25) is 9.29 Å². The zero-order valence-corrected chi connectivity index (χ0v) is 21.0. The van der Waals surface area contributed by atoms with E-state index in [1.807, 2.05) is 6.92 Å². The summed E-state index contributed by atoms with van der Waals surface area (Å²) in [5.74, 6) is 0.508. The van der Waals surface area contributed by atoms with Gasteiger partial charge in [-0.1, -0.05) is 18.5 Å². The number of methoxy groups -OCH3 is 2. The Morgan fingerprint density at radius 2 is 1.82 bits per heavy atom. The van der Waals surface area contributed by atoms with Gasteiger partial charge in [0.05, 0.1) is 35.6 Å². The lowest BCUT2D eigenvalue weighted by molar-refractivity contribution is 0.0406. The van der Waals surface area contributed by atoms with Crippen molar-refractivity contribution >= 4 is 27.6 Å². The fourth-order valence-corrected chi connectivity index (χ4v) is 5.12. The van der Waals surface area contributed by atoms with Crippen LogP contribution in [0.3, 0.4) is 0 Å². The second-order valence-electron chi connectivity index (χ2n) is 8.23. The maximum atomic E-state index is 13.3. The summed E-state index contributed by atoms with van der Waals surface area (Å²) >= 11 is 5.85. The number of halogens is 1. The smallest absolute Gasteiger partial charge is 0.238 e. The van der Waals surface area contributed by atoms with E-state index < -0.39 is 21.2 Å². The SMILES string of the molecule is COCC(COC)n1c(NS(=O)(=O)C(C)C(C)c2ncc(Cl)cn2)nnc1[C@@H]1CC[C@H](C)O1. The first-order valence-electron chi connectivity index (χ1n) is 10.7. The Balaban J connectivity index is 1.92. The molecule has 3 rings (SSSR count). The lowest BCUT2D eigenvalue weighted by Gasteiger charge is -2.24. The lowest BCUT2D eigenvalue weighted by Crippen LogP contribution is -2.33. The molecule has 0 amide bonds. The van der Waals surface area contributed by atoms with Gasteiger partial charge >= 0.3 is 0 Å². The fourth-order valence-electron chi connectivity index (χ4n) is 3.78. The number of hydrogen-bond acceptors (Lipinski definition) is 9. The van der Waals surface area contributed by atoms with Crippen LogP contribution in [-0.2, 0) is 24.2 Å². The van der Waals surface area contributed by atoms with Gasteiger partial charge in [-0.05, 0) is 26.7 Å². The minimum atomic E-state index is -3.89. The molecule has 0 saturated carbocycles. The van der Waals surface area contributed by atoms with Crippen molar-refractivity contribution in [3.05, 3.63) is 29.1 Å². The predicted octanol–water partition coefficient (Wildman–Crippen LogP) is 2.73. The highest BCUT2D eigenvalue weighted by Crippen LogP contribution is 2.34. The van der Waals surface area contributed by atoms with Crippen molar-refractivity contribution < 1.29 is 22.6 Å². The third-order valence-corrected chi connectivity index (χ3v) is 7.85. The highest BCUT2D eigenvalue weighted by molar-refractivity contribution is 7.93. The minimum Gasteiger partial charge on any atom is -0.382 e. The summed E-state index contributed by atoms with van der Waals surface area (Å²) in [5.41, 5.74) is 0. The molecule has 11 nitrogen and oxygen atoms in total. The van der Waals surface area contributed by atoms with Crippen LogP contribution in [0.2, 0.25) is 5.02 Å². The molecule has 1 aliphatic rings. The Hall–Kier alpha value is -1.86. The average Bonchev–Trinajstić information content (AvgIpc) is 3.38. The van der Waals surface area contributed by atoms with Crippen LogP contribution < -0.4 is 4.72 Å². The average molecular weight is 503 g/mol. The van der Waals surface area contributed by atoms with Gasteiger partial charge in [0, 0.05) is 32.5 Å². The van der Waals surface area contributed by atoms with Crippen LogP contribution in [0.15, 0.2) is 12.4 Å². The molecule has 2 aromatic rings. The Bertz CT molecular complexity index is 1010. The molecule has 33 heavy (non-hydrogen) atoms. The molecule has 0 aliphatic carbocycles. The number of rotatable bonds is 11. The topological polar surface area (TPSA) is 130 Å². The van der Waals surface area contributed by atoms with Crippen LogP contribution in [-0.4, -0.2) is 71.9 Å². The number of ether oxygens (including phenoxy) is 3. The van der Waals surface area contributed by atoms with Crippen LogP contribution in [0.25, 0.3) is 0 Å². The van der Waals surface area contributed by atoms with Crippen molar-refractivity contribution in [2.75, 3.05) is 32.2 Å². The predicted molar refractivity (Wildman–Crippen MR) is 123 cm³/mol. The summed E-state index contributed by atoms with van der Waals surface area (Å²) in [7, 11) is -0.746. The van der Waals surface area contributed by atoms with Gasteiger partial charge in [0.25, 0.3) is 0 Å². The van der Waals surface area contributed by atoms with E-state index in [2.05, 4.69) is 24.9 Å². The first-order valence-corrected chi connectivity index (χ1v) is 12.7. The number of aromatic nitrogens is 5. The van der Waals surface area contributed by atoms with Crippen LogP contribution in [0.5, 0.6) is 0 Å². The maximum Gasteiger partial charge on any atom is 0.238 e. The molecule has 3 heterocycles. The van der Waals surface area contributed by atoms with E-state index >= 15 is 0 Å². The van der Waals surface area contributed by atoms with Crippen molar-refractivity contribution in [2.45, 2.75) is 63.0 Å². The monoisotopic (exact) mass is 502 g/mol. The van der Waals surface area contributed by atoms with E-state index in [0.717, 1.165) is 12.8 Å². The van der Waals surface area contributed by atoms with Crippen LogP contribution >= 0.6 is 11.6 Å². The van der Waals surface area contributed by atoms with Crippen LogP contribution in [0.4, 0.5) is 5.95 Å². The van der Waals surface area contributed by atoms with Crippen LogP contribution in [0.1, 0.15) is 63.3 Å². The largest absolute Gasteiger partial charge is 0.382 e. The molecule has 0 spiro atoms. The number of anilines is 1. The molecule has 2 aromatic heterocycles. The van der Waals surface area contributed by atoms with Gasteiger partial charge in [-0.2, -0.15) is 0 Å². The van der Waals surface area contributed by atoms with E-state index in [1.165, 1.54) is 12.4 Å². The van der Waals surface area contributed by atoms with E-state index in [9.17, 15) is 8.42 Å². The van der Waals surface area contributed by atoms with Gasteiger partial charge < -0.3 is 14.2 Å². The first-order chi connectivity index (χ1) is 15.7. The number of nitrogens with zero attached hydrogens (tertiary/aromatic N) is 5. The van der Waals surface area contributed by atoms with E-state index in [1.54, 1.807) is 32.6 Å². The Labute approximate surface area is 199 Å².